The Bertz CT molecular complexity index is 1070. The molecule has 2 N–H and O–H groups in total. The van der Waals surface area contributed by atoms with Crippen LogP contribution in [0.4, 0.5) is 0 Å². The fourth-order valence-electron chi connectivity index (χ4n) is 2.34. The molecule has 0 aliphatic carbocycles. The number of phenolic OH excluding ortho intramolecular Hbond substituents is 1. The molecule has 0 saturated carbocycles. The highest BCUT2D eigenvalue weighted by Gasteiger charge is 2.21. The van der Waals surface area contributed by atoms with Crippen LogP contribution in [0, 0.1) is 11.3 Å². The number of halogens is 1. The number of nitrogens with one attached hydrogen (secondary N) is 1. The maximum absolute atomic E-state index is 12.7. The van der Waals surface area contributed by atoms with E-state index in [1.54, 1.807) is 30.5 Å². The van der Waals surface area contributed by atoms with Crippen LogP contribution in [-0.4, -0.2) is 15.5 Å². The van der Waals surface area contributed by atoms with E-state index in [1.165, 1.54) is 35.0 Å². The van der Waals surface area contributed by atoms with Crippen LogP contribution in [0.25, 0.3) is 5.82 Å². The summed E-state index contributed by atoms with van der Waals surface area (Å²) in [6, 6.07) is 12.2. The van der Waals surface area contributed by atoms with E-state index in [9.17, 15) is 20.0 Å². The molecule has 122 valence electrons. The van der Waals surface area contributed by atoms with Crippen LogP contribution >= 0.6 is 11.6 Å². The van der Waals surface area contributed by atoms with E-state index in [-0.39, 0.29) is 27.5 Å². The van der Waals surface area contributed by atoms with Crippen molar-refractivity contribution in [2.75, 3.05) is 0 Å². The van der Waals surface area contributed by atoms with Gasteiger partial charge in [0.1, 0.15) is 23.6 Å². The third-order valence-corrected chi connectivity index (χ3v) is 3.79. The molecule has 0 bridgehead atoms. The molecule has 25 heavy (non-hydrogen) atoms. The van der Waals surface area contributed by atoms with E-state index in [0.29, 0.717) is 5.82 Å². The Kier molecular flexibility index (Phi) is 4.33. The number of aromatic hydroxyl groups is 1. The lowest BCUT2D eigenvalue weighted by molar-refractivity contribution is -0.373. The monoisotopic (exact) mass is 352 g/mol. The number of hydrogen-bond acceptors (Lipinski definition) is 4. The number of benzene rings is 1. The van der Waals surface area contributed by atoms with Crippen LogP contribution < -0.4 is 10.5 Å². The summed E-state index contributed by atoms with van der Waals surface area (Å²) in [5.74, 6) is -0.396. The molecular weight excluding hydrogens is 342 g/mol. The molecule has 0 aliphatic rings. The number of hydrogen-bond donors (Lipinski definition) is 1. The normalized spacial score (nSPS) is 10.2. The molecule has 0 unspecified atom stereocenters. The molecule has 3 aromatic rings. The molecule has 6 nitrogen and oxygen atoms in total. The number of carbonyl (C=O) groups excluding carboxylic acids is 1. The van der Waals surface area contributed by atoms with Crippen molar-refractivity contribution in [2.24, 2.45) is 0 Å². The lowest BCUT2D eigenvalue weighted by Gasteiger charge is -2.06. The Morgan fingerprint density at radius 2 is 2.04 bits per heavy atom. The number of nitrogens with zero attached hydrogens (tertiary/aromatic N) is 2. The van der Waals surface area contributed by atoms with E-state index in [4.69, 9.17) is 11.6 Å². The first-order valence-corrected chi connectivity index (χ1v) is 7.56. The Balaban J connectivity index is 2.21. The second-order valence-electron chi connectivity index (χ2n) is 5.17. The van der Waals surface area contributed by atoms with Crippen molar-refractivity contribution >= 4 is 17.4 Å². The van der Waals surface area contributed by atoms with E-state index in [0.717, 1.165) is 0 Å². The van der Waals surface area contributed by atoms with Crippen molar-refractivity contribution in [3.63, 3.8) is 0 Å². The van der Waals surface area contributed by atoms with Gasteiger partial charge in [0.05, 0.1) is 17.3 Å². The van der Waals surface area contributed by atoms with Crippen molar-refractivity contribution in [2.45, 2.75) is 0 Å². The molecule has 0 aliphatic heterocycles. The summed E-state index contributed by atoms with van der Waals surface area (Å²) in [6.45, 7) is 0. The Morgan fingerprint density at radius 1 is 1.24 bits per heavy atom. The summed E-state index contributed by atoms with van der Waals surface area (Å²) in [5, 5.41) is 19.4. The first-order chi connectivity index (χ1) is 12.0. The number of aromatic nitrogens is 2. The van der Waals surface area contributed by atoms with Gasteiger partial charge in [0.2, 0.25) is 0 Å². The number of carbonyl (C=O) groups is 1. The molecule has 1 aromatic carbocycles. The predicted octanol–water partition coefficient (Wildman–Crippen LogP) is 2.11. The average molecular weight is 353 g/mol. The van der Waals surface area contributed by atoms with Crippen molar-refractivity contribution in [3.05, 3.63) is 86.9 Å². The largest absolute Gasteiger partial charge is 0.507 e. The van der Waals surface area contributed by atoms with Gasteiger partial charge in [0.25, 0.3) is 5.82 Å². The van der Waals surface area contributed by atoms with Gasteiger partial charge in [-0.2, -0.15) is 9.83 Å². The minimum atomic E-state index is -0.559. The first-order valence-electron chi connectivity index (χ1n) is 7.18. The zero-order valence-electron chi connectivity index (χ0n) is 12.7. The maximum Gasteiger partial charge on any atom is 0.356 e. The Labute approximate surface area is 147 Å². The Hall–Kier alpha value is -3.43. The molecule has 0 spiro atoms. The lowest BCUT2D eigenvalue weighted by atomic mass is 10.0. The van der Waals surface area contributed by atoms with Gasteiger partial charge in [-0.15, -0.1) is 0 Å². The summed E-state index contributed by atoms with van der Waals surface area (Å²) >= 11 is 5.88. The molecule has 7 heteroatoms. The van der Waals surface area contributed by atoms with Crippen molar-refractivity contribution in [1.82, 2.24) is 4.57 Å². The van der Waals surface area contributed by atoms with Gasteiger partial charge in [0.15, 0.2) is 5.78 Å². The van der Waals surface area contributed by atoms with Crippen LogP contribution in [0.3, 0.4) is 0 Å². The van der Waals surface area contributed by atoms with Gasteiger partial charge in [-0.3, -0.25) is 4.79 Å². The van der Waals surface area contributed by atoms with Gasteiger partial charge in [0, 0.05) is 11.1 Å². The highest BCUT2D eigenvalue weighted by Crippen LogP contribution is 2.24. The van der Waals surface area contributed by atoms with Gasteiger partial charge in [-0.1, -0.05) is 17.7 Å². The van der Waals surface area contributed by atoms with E-state index < -0.39 is 11.3 Å². The predicted molar refractivity (Wildman–Crippen MR) is 89.9 cm³/mol. The molecular formula is C18H11ClN3O3+. The van der Waals surface area contributed by atoms with Gasteiger partial charge in [-0.05, 0) is 30.3 Å². The summed E-state index contributed by atoms with van der Waals surface area (Å²) in [5.41, 5.74) is -0.689. The van der Waals surface area contributed by atoms with Crippen molar-refractivity contribution in [3.8, 4) is 17.6 Å². The number of aromatic amines is 1. The summed E-state index contributed by atoms with van der Waals surface area (Å²) in [6.07, 6.45) is 2.93. The fourth-order valence-corrected chi connectivity index (χ4v) is 2.52. The highest BCUT2D eigenvalue weighted by atomic mass is 35.5. The lowest BCUT2D eigenvalue weighted by Crippen LogP contribution is -2.27. The molecule has 3 rings (SSSR count). The quantitative estimate of drug-likeness (QED) is 0.730. The van der Waals surface area contributed by atoms with E-state index in [2.05, 4.69) is 4.98 Å². The highest BCUT2D eigenvalue weighted by molar-refractivity contribution is 6.31. The number of rotatable bonds is 3. The fraction of sp³-hybridized carbons (Fsp3) is 0. The van der Waals surface area contributed by atoms with Crippen molar-refractivity contribution < 1.29 is 14.9 Å². The second kappa shape index (κ2) is 6.59. The third-order valence-electron chi connectivity index (χ3n) is 3.56. The number of nitriles is 1. The van der Waals surface area contributed by atoms with Gasteiger partial charge in [-0.25, -0.2) is 9.78 Å². The SMILES string of the molecule is N#Cc1cc(C(=O)c2cc(Cl)ccc2O)cn(-c2cccc[nH+]2)c1=O. The summed E-state index contributed by atoms with van der Waals surface area (Å²) in [4.78, 5) is 28.0. The Morgan fingerprint density at radius 3 is 2.72 bits per heavy atom. The molecule has 0 amide bonds. The molecule has 0 fully saturated rings. The zero-order valence-corrected chi connectivity index (χ0v) is 13.5. The van der Waals surface area contributed by atoms with Crippen LogP contribution in [0.5, 0.6) is 5.75 Å². The number of phenols is 1. The molecule has 0 radical (unpaired) electrons. The number of pyridine rings is 2. The van der Waals surface area contributed by atoms with Gasteiger partial charge < -0.3 is 5.11 Å². The standard InChI is InChI=1S/C18H10ClN3O3/c19-13-4-5-15(23)14(8-13)17(24)12-7-11(9-20)18(25)22(10-12)16-3-1-2-6-21-16/h1-8,10,23H/p+1. The van der Waals surface area contributed by atoms with Crippen LogP contribution in [-0.2, 0) is 0 Å². The van der Waals surface area contributed by atoms with E-state index >= 15 is 0 Å². The molecule has 0 saturated heterocycles. The summed E-state index contributed by atoms with van der Waals surface area (Å²) in [7, 11) is 0. The van der Waals surface area contributed by atoms with Crippen LogP contribution in [0.1, 0.15) is 21.5 Å². The minimum Gasteiger partial charge on any atom is -0.507 e. The van der Waals surface area contributed by atoms with E-state index in [1.807, 2.05) is 0 Å². The summed E-state index contributed by atoms with van der Waals surface area (Å²) < 4.78 is 1.17. The minimum absolute atomic E-state index is 0.0152. The molecule has 0 atom stereocenters. The third kappa shape index (κ3) is 3.13. The number of ketones is 1. The van der Waals surface area contributed by atoms with Gasteiger partial charge >= 0.3 is 5.56 Å². The topological polar surface area (TPSA) is 97.2 Å². The second-order valence-corrected chi connectivity index (χ2v) is 5.60. The van der Waals surface area contributed by atoms with Crippen molar-refractivity contribution in [1.29, 1.82) is 5.26 Å². The molecule has 2 aromatic heterocycles. The first kappa shape index (κ1) is 16.4. The number of H-pyrrole nitrogens is 1. The smallest absolute Gasteiger partial charge is 0.356 e. The zero-order chi connectivity index (χ0) is 18.0. The van der Waals surface area contributed by atoms with Crippen LogP contribution in [0.15, 0.2) is 59.7 Å². The molecule has 2 heterocycles. The maximum atomic E-state index is 12.7. The average Bonchev–Trinajstić information content (AvgIpc) is 2.64. The van der Waals surface area contributed by atoms with Crippen LogP contribution in [0.2, 0.25) is 5.02 Å².